The van der Waals surface area contributed by atoms with Crippen molar-refractivity contribution in [3.8, 4) is 0 Å². The molecule has 0 atom stereocenters. The zero-order valence-electron chi connectivity index (χ0n) is 6.57. The number of fused-ring (bicyclic) bond motifs is 1. The maximum Gasteiger partial charge on any atom is 0.265 e. The molecule has 0 bridgehead atoms. The Balaban J connectivity index is 2.90. The average Bonchev–Trinajstić information content (AvgIpc) is 2.41. The summed E-state index contributed by atoms with van der Waals surface area (Å²) in [5, 5.41) is 0. The van der Waals surface area contributed by atoms with Crippen LogP contribution in [0.25, 0.3) is 11.1 Å². The van der Waals surface area contributed by atoms with Crippen LogP contribution in [0.5, 0.6) is 0 Å². The molecule has 2 rings (SSSR count). The van der Waals surface area contributed by atoms with E-state index < -0.39 is 9.05 Å². The molecule has 0 aliphatic rings. The van der Waals surface area contributed by atoms with E-state index in [0.29, 0.717) is 5.58 Å². The van der Waals surface area contributed by atoms with E-state index in [0.717, 1.165) is 0 Å². The monoisotopic (exact) mass is 295 g/mol. The SMILES string of the molecule is O=S(=O)(Cl)c1cccc2oc(Br)nc12. The molecule has 0 amide bonds. The number of hydrogen-bond donors (Lipinski definition) is 0. The molecule has 0 saturated carbocycles. The molecule has 7 heteroatoms. The van der Waals surface area contributed by atoms with Crippen molar-refractivity contribution in [3.05, 3.63) is 23.0 Å². The molecule has 2 aromatic rings. The van der Waals surface area contributed by atoms with Gasteiger partial charge in [-0.1, -0.05) is 6.07 Å². The molecule has 0 spiro atoms. The van der Waals surface area contributed by atoms with Crippen LogP contribution in [-0.4, -0.2) is 13.4 Å². The maximum atomic E-state index is 11.1. The van der Waals surface area contributed by atoms with Gasteiger partial charge in [0.25, 0.3) is 13.9 Å². The predicted molar refractivity (Wildman–Crippen MR) is 54.7 cm³/mol. The highest BCUT2D eigenvalue weighted by Gasteiger charge is 2.17. The van der Waals surface area contributed by atoms with Crippen molar-refractivity contribution in [2.24, 2.45) is 0 Å². The van der Waals surface area contributed by atoms with Crippen LogP contribution < -0.4 is 0 Å². The largest absolute Gasteiger partial charge is 0.431 e. The van der Waals surface area contributed by atoms with Crippen molar-refractivity contribution < 1.29 is 12.8 Å². The summed E-state index contributed by atoms with van der Waals surface area (Å²) in [5.41, 5.74) is 0.605. The zero-order valence-corrected chi connectivity index (χ0v) is 9.73. The highest BCUT2D eigenvalue weighted by Crippen LogP contribution is 2.27. The Kier molecular flexibility index (Phi) is 2.29. The molecule has 1 aromatic carbocycles. The lowest BCUT2D eigenvalue weighted by molar-refractivity contribution is 0.570. The second kappa shape index (κ2) is 3.22. The van der Waals surface area contributed by atoms with Gasteiger partial charge < -0.3 is 4.42 Å². The second-order valence-electron chi connectivity index (χ2n) is 2.51. The van der Waals surface area contributed by atoms with Gasteiger partial charge in [-0.3, -0.25) is 0 Å². The molecule has 4 nitrogen and oxygen atoms in total. The Morgan fingerprint density at radius 1 is 1.43 bits per heavy atom. The number of halogens is 2. The number of rotatable bonds is 1. The Morgan fingerprint density at radius 3 is 2.79 bits per heavy atom. The summed E-state index contributed by atoms with van der Waals surface area (Å²) in [4.78, 5) is 4.04. The van der Waals surface area contributed by atoms with Crippen molar-refractivity contribution in [1.29, 1.82) is 0 Å². The molecule has 0 fully saturated rings. The van der Waals surface area contributed by atoms with E-state index in [4.69, 9.17) is 15.1 Å². The summed E-state index contributed by atoms with van der Waals surface area (Å²) in [6, 6.07) is 4.52. The minimum absolute atomic E-state index is 0.0499. The van der Waals surface area contributed by atoms with E-state index in [9.17, 15) is 8.42 Å². The molecule has 0 N–H and O–H groups in total. The van der Waals surface area contributed by atoms with Crippen molar-refractivity contribution in [2.45, 2.75) is 4.90 Å². The van der Waals surface area contributed by atoms with Gasteiger partial charge in [0.15, 0.2) is 5.58 Å². The molecular formula is C7H3BrClNO3S. The van der Waals surface area contributed by atoms with Crippen LogP contribution in [-0.2, 0) is 9.05 Å². The van der Waals surface area contributed by atoms with Gasteiger partial charge in [-0.15, -0.1) is 0 Å². The minimum atomic E-state index is -3.79. The van der Waals surface area contributed by atoms with Crippen molar-refractivity contribution >= 4 is 46.8 Å². The van der Waals surface area contributed by atoms with Gasteiger partial charge in [0.1, 0.15) is 10.4 Å². The van der Waals surface area contributed by atoms with Crippen molar-refractivity contribution in [2.75, 3.05) is 0 Å². The molecule has 74 valence electrons. The fourth-order valence-corrected chi connectivity index (χ4v) is 2.44. The topological polar surface area (TPSA) is 60.2 Å². The van der Waals surface area contributed by atoms with E-state index in [-0.39, 0.29) is 15.2 Å². The first-order valence-corrected chi connectivity index (χ1v) is 6.58. The summed E-state index contributed by atoms with van der Waals surface area (Å²) in [6.07, 6.45) is 0. The Hall–Kier alpha value is -0.590. The van der Waals surface area contributed by atoms with Gasteiger partial charge >= 0.3 is 0 Å². The summed E-state index contributed by atoms with van der Waals surface area (Å²) in [7, 11) is 1.43. The number of oxazole rings is 1. The van der Waals surface area contributed by atoms with Gasteiger partial charge in [0, 0.05) is 26.6 Å². The first kappa shape index (κ1) is 9.95. The molecule has 0 aliphatic heterocycles. The van der Waals surface area contributed by atoms with Gasteiger partial charge in [-0.25, -0.2) is 13.4 Å². The van der Waals surface area contributed by atoms with E-state index in [2.05, 4.69) is 20.9 Å². The summed E-state index contributed by atoms with van der Waals surface area (Å²) in [6.45, 7) is 0. The molecule has 1 heterocycles. The van der Waals surface area contributed by atoms with Crippen LogP contribution >= 0.6 is 26.6 Å². The van der Waals surface area contributed by atoms with Crippen LogP contribution in [0.4, 0.5) is 0 Å². The van der Waals surface area contributed by atoms with Crippen molar-refractivity contribution in [1.82, 2.24) is 4.98 Å². The van der Waals surface area contributed by atoms with Crippen LogP contribution in [0, 0.1) is 0 Å². The highest BCUT2D eigenvalue weighted by molar-refractivity contribution is 9.10. The van der Waals surface area contributed by atoms with Gasteiger partial charge in [-0.2, -0.15) is 0 Å². The molecule has 14 heavy (non-hydrogen) atoms. The molecular weight excluding hydrogens is 294 g/mol. The maximum absolute atomic E-state index is 11.1. The fourth-order valence-electron chi connectivity index (χ4n) is 1.09. The van der Waals surface area contributed by atoms with Crippen molar-refractivity contribution in [3.63, 3.8) is 0 Å². The number of nitrogens with zero attached hydrogens (tertiary/aromatic N) is 1. The Morgan fingerprint density at radius 2 is 2.14 bits per heavy atom. The lowest BCUT2D eigenvalue weighted by Crippen LogP contribution is -1.91. The number of para-hydroxylation sites is 1. The first-order chi connectivity index (χ1) is 6.48. The van der Waals surface area contributed by atoms with Gasteiger partial charge in [0.2, 0.25) is 0 Å². The fraction of sp³-hybridized carbons (Fsp3) is 0. The lowest BCUT2D eigenvalue weighted by Gasteiger charge is -1.94. The lowest BCUT2D eigenvalue weighted by atomic mass is 10.3. The third kappa shape index (κ3) is 1.65. The first-order valence-electron chi connectivity index (χ1n) is 3.48. The number of aromatic nitrogens is 1. The van der Waals surface area contributed by atoms with E-state index >= 15 is 0 Å². The van der Waals surface area contributed by atoms with Crippen LogP contribution in [0.3, 0.4) is 0 Å². The molecule has 1 aromatic heterocycles. The zero-order chi connectivity index (χ0) is 10.3. The van der Waals surface area contributed by atoms with Crippen LogP contribution in [0.2, 0.25) is 0 Å². The van der Waals surface area contributed by atoms with E-state index in [1.165, 1.54) is 12.1 Å². The molecule has 0 aliphatic carbocycles. The van der Waals surface area contributed by atoms with Gasteiger partial charge in [-0.05, 0) is 12.1 Å². The third-order valence-electron chi connectivity index (χ3n) is 1.62. The Bertz CT molecular complexity index is 592. The summed E-state index contributed by atoms with van der Waals surface area (Å²) in [5.74, 6) is 0. The van der Waals surface area contributed by atoms with E-state index in [1.54, 1.807) is 6.07 Å². The second-order valence-corrected chi connectivity index (χ2v) is 5.72. The van der Waals surface area contributed by atoms with Crippen LogP contribution in [0.15, 0.2) is 32.3 Å². The number of hydrogen-bond acceptors (Lipinski definition) is 4. The molecule has 0 saturated heterocycles. The standard InChI is InChI=1S/C7H3BrClNO3S/c8-7-10-6-4(13-7)2-1-3-5(6)14(9,11)12/h1-3H. The third-order valence-corrected chi connectivity index (χ3v) is 3.31. The quantitative estimate of drug-likeness (QED) is 0.759. The normalized spacial score (nSPS) is 12.1. The number of benzene rings is 1. The van der Waals surface area contributed by atoms with Crippen LogP contribution in [0.1, 0.15) is 0 Å². The average molecular weight is 297 g/mol. The molecule has 0 radical (unpaired) electrons. The summed E-state index contributed by atoms with van der Waals surface area (Å²) < 4.78 is 27.3. The summed E-state index contributed by atoms with van der Waals surface area (Å²) >= 11 is 3.01. The smallest absolute Gasteiger partial charge is 0.265 e. The van der Waals surface area contributed by atoms with Gasteiger partial charge in [0.05, 0.1) is 0 Å². The predicted octanol–water partition coefficient (Wildman–Crippen LogP) is 2.52. The van der Waals surface area contributed by atoms with E-state index in [1.807, 2.05) is 0 Å². The Labute approximate surface area is 92.4 Å². The highest BCUT2D eigenvalue weighted by atomic mass is 79.9. The minimum Gasteiger partial charge on any atom is -0.431 e. The molecule has 0 unspecified atom stereocenters.